The van der Waals surface area contributed by atoms with Crippen molar-refractivity contribution in [2.45, 2.75) is 43.5 Å². The van der Waals surface area contributed by atoms with Crippen LogP contribution in [0.25, 0.3) is 0 Å². The molecule has 0 unspecified atom stereocenters. The highest BCUT2D eigenvalue weighted by molar-refractivity contribution is 5.93. The third-order valence-electron chi connectivity index (χ3n) is 4.38. The minimum atomic E-state index is -1.55. The molecule has 1 fully saturated rings. The third-order valence-corrected chi connectivity index (χ3v) is 4.38. The predicted molar refractivity (Wildman–Crippen MR) is 87.9 cm³/mol. The van der Waals surface area contributed by atoms with Crippen molar-refractivity contribution in [2.75, 3.05) is 20.3 Å². The van der Waals surface area contributed by atoms with Crippen LogP contribution in [0, 0.1) is 0 Å². The van der Waals surface area contributed by atoms with E-state index in [1.807, 2.05) is 0 Å². The standard InChI is InChI=1S/C17H25NO7/c1-17(15(22)14(21)13(20)12(9-19)25-17)24-8-7-10-3-5-11(6-4-10)16(23)18-2/h3-6,12-15,19-22H,7-9H2,1-2H3,(H,18,23)/t12-,13-,14-,15+,17-/m1/s1. The first-order chi connectivity index (χ1) is 11.8. The first-order valence-electron chi connectivity index (χ1n) is 8.10. The van der Waals surface area contributed by atoms with Crippen LogP contribution in [0.3, 0.4) is 0 Å². The maximum Gasteiger partial charge on any atom is 0.251 e. The highest BCUT2D eigenvalue weighted by Crippen LogP contribution is 2.31. The Hall–Kier alpha value is -1.55. The molecule has 0 aromatic heterocycles. The Morgan fingerprint density at radius 1 is 1.24 bits per heavy atom. The lowest BCUT2D eigenvalue weighted by molar-refractivity contribution is -0.356. The number of ether oxygens (including phenoxy) is 2. The van der Waals surface area contributed by atoms with Crippen molar-refractivity contribution >= 4 is 5.91 Å². The maximum absolute atomic E-state index is 11.5. The van der Waals surface area contributed by atoms with E-state index >= 15 is 0 Å². The maximum atomic E-state index is 11.5. The first-order valence-corrected chi connectivity index (χ1v) is 8.10. The van der Waals surface area contributed by atoms with Crippen LogP contribution >= 0.6 is 0 Å². The second-order valence-corrected chi connectivity index (χ2v) is 6.16. The minimum absolute atomic E-state index is 0.170. The zero-order chi connectivity index (χ0) is 18.6. The fourth-order valence-corrected chi connectivity index (χ4v) is 2.76. The molecule has 0 spiro atoms. The number of rotatable bonds is 6. The number of hydrogen-bond donors (Lipinski definition) is 5. The molecule has 8 nitrogen and oxygen atoms in total. The molecule has 0 saturated carbocycles. The third kappa shape index (κ3) is 4.35. The lowest BCUT2D eigenvalue weighted by Gasteiger charge is -2.46. The zero-order valence-corrected chi connectivity index (χ0v) is 14.3. The van der Waals surface area contributed by atoms with E-state index in [-0.39, 0.29) is 12.5 Å². The Morgan fingerprint density at radius 3 is 2.44 bits per heavy atom. The molecule has 1 heterocycles. The van der Waals surface area contributed by atoms with Crippen LogP contribution in [0.1, 0.15) is 22.8 Å². The van der Waals surface area contributed by atoms with Gasteiger partial charge in [-0.25, -0.2) is 0 Å². The number of benzene rings is 1. The number of nitrogens with one attached hydrogen (secondary N) is 1. The van der Waals surface area contributed by atoms with Gasteiger partial charge in [-0.3, -0.25) is 4.79 Å². The Balaban J connectivity index is 1.94. The van der Waals surface area contributed by atoms with Gasteiger partial charge in [0.1, 0.15) is 24.4 Å². The van der Waals surface area contributed by atoms with E-state index in [9.17, 15) is 25.2 Å². The Morgan fingerprint density at radius 2 is 1.88 bits per heavy atom. The molecular weight excluding hydrogens is 330 g/mol. The molecule has 8 heteroatoms. The predicted octanol–water partition coefficient (Wildman–Crippen LogP) is -1.20. The lowest BCUT2D eigenvalue weighted by Crippen LogP contribution is -2.65. The molecule has 1 saturated heterocycles. The molecule has 0 aliphatic carbocycles. The van der Waals surface area contributed by atoms with E-state index < -0.39 is 36.8 Å². The largest absolute Gasteiger partial charge is 0.394 e. The van der Waals surface area contributed by atoms with Crippen LogP contribution in [-0.4, -0.2) is 76.8 Å². The molecule has 1 aliphatic rings. The molecule has 2 rings (SSSR count). The van der Waals surface area contributed by atoms with E-state index in [4.69, 9.17) is 9.47 Å². The molecule has 5 N–H and O–H groups in total. The highest BCUT2D eigenvalue weighted by atomic mass is 16.7. The lowest BCUT2D eigenvalue weighted by atomic mass is 9.93. The summed E-state index contributed by atoms with van der Waals surface area (Å²) in [7, 11) is 1.56. The van der Waals surface area contributed by atoms with Crippen LogP contribution in [0.15, 0.2) is 24.3 Å². The number of hydrogen-bond acceptors (Lipinski definition) is 7. The minimum Gasteiger partial charge on any atom is -0.394 e. The summed E-state index contributed by atoms with van der Waals surface area (Å²) < 4.78 is 11.0. The van der Waals surface area contributed by atoms with Gasteiger partial charge in [0.05, 0.1) is 13.2 Å². The van der Waals surface area contributed by atoms with Crippen LogP contribution in [0.4, 0.5) is 0 Å². The van der Waals surface area contributed by atoms with E-state index in [2.05, 4.69) is 5.32 Å². The molecule has 25 heavy (non-hydrogen) atoms. The SMILES string of the molecule is CNC(=O)c1ccc(CCO[C@]2(C)O[C@H](CO)[C@@H](O)[C@@H](O)[C@@H]2O)cc1. The van der Waals surface area contributed by atoms with Crippen molar-refractivity contribution in [1.82, 2.24) is 5.32 Å². The van der Waals surface area contributed by atoms with Gasteiger partial charge in [-0.2, -0.15) is 0 Å². The quantitative estimate of drug-likeness (QED) is 0.433. The Bertz CT molecular complexity index is 577. The van der Waals surface area contributed by atoms with E-state index in [1.54, 1.807) is 31.3 Å². The average Bonchev–Trinajstić information content (AvgIpc) is 2.63. The number of carbonyl (C=O) groups excluding carboxylic acids is 1. The van der Waals surface area contributed by atoms with Gasteiger partial charge in [-0.05, 0) is 31.0 Å². The highest BCUT2D eigenvalue weighted by Gasteiger charge is 2.51. The van der Waals surface area contributed by atoms with Crippen LogP contribution in [0.5, 0.6) is 0 Å². The number of amides is 1. The van der Waals surface area contributed by atoms with Crippen LogP contribution in [-0.2, 0) is 15.9 Å². The number of carbonyl (C=O) groups is 1. The van der Waals surface area contributed by atoms with E-state index in [0.29, 0.717) is 12.0 Å². The summed E-state index contributed by atoms with van der Waals surface area (Å²) in [5.74, 6) is -1.72. The van der Waals surface area contributed by atoms with Gasteiger partial charge in [-0.1, -0.05) is 12.1 Å². The monoisotopic (exact) mass is 355 g/mol. The van der Waals surface area contributed by atoms with Crippen LogP contribution < -0.4 is 5.32 Å². The molecule has 1 aliphatic heterocycles. The second kappa shape index (κ2) is 8.22. The normalized spacial score (nSPS) is 32.4. The molecule has 140 valence electrons. The molecular formula is C17H25NO7. The van der Waals surface area contributed by atoms with Gasteiger partial charge in [0.25, 0.3) is 5.91 Å². The van der Waals surface area contributed by atoms with E-state index in [1.165, 1.54) is 6.92 Å². The summed E-state index contributed by atoms with van der Waals surface area (Å²) >= 11 is 0. The van der Waals surface area contributed by atoms with Crippen molar-refractivity contribution in [2.24, 2.45) is 0 Å². The smallest absolute Gasteiger partial charge is 0.251 e. The topological polar surface area (TPSA) is 128 Å². The molecule has 1 aromatic rings. The second-order valence-electron chi connectivity index (χ2n) is 6.16. The Kier molecular flexibility index (Phi) is 6.50. The van der Waals surface area contributed by atoms with Gasteiger partial charge < -0.3 is 35.2 Å². The first kappa shape index (κ1) is 19.8. The summed E-state index contributed by atoms with van der Waals surface area (Å²) in [4.78, 5) is 11.5. The summed E-state index contributed by atoms with van der Waals surface area (Å²) in [5, 5.41) is 41.5. The van der Waals surface area contributed by atoms with Gasteiger partial charge in [0, 0.05) is 12.6 Å². The number of aliphatic hydroxyl groups is 4. The van der Waals surface area contributed by atoms with Crippen molar-refractivity contribution in [3.63, 3.8) is 0 Å². The fraction of sp³-hybridized carbons (Fsp3) is 0.588. The summed E-state index contributed by atoms with van der Waals surface area (Å²) in [6.07, 6.45) is -4.89. The molecule has 0 radical (unpaired) electrons. The van der Waals surface area contributed by atoms with Gasteiger partial charge in [-0.15, -0.1) is 0 Å². The summed E-state index contributed by atoms with van der Waals surface area (Å²) in [6.45, 7) is 1.11. The Labute approximate surface area is 146 Å². The van der Waals surface area contributed by atoms with Gasteiger partial charge in [0.15, 0.2) is 5.79 Å². The summed E-state index contributed by atoms with van der Waals surface area (Å²) in [5.41, 5.74) is 1.47. The van der Waals surface area contributed by atoms with E-state index in [0.717, 1.165) is 5.56 Å². The van der Waals surface area contributed by atoms with Crippen molar-refractivity contribution in [1.29, 1.82) is 0 Å². The van der Waals surface area contributed by atoms with Gasteiger partial charge >= 0.3 is 0 Å². The molecule has 1 aromatic carbocycles. The van der Waals surface area contributed by atoms with Crippen molar-refractivity contribution < 1.29 is 34.7 Å². The van der Waals surface area contributed by atoms with Crippen molar-refractivity contribution in [3.8, 4) is 0 Å². The van der Waals surface area contributed by atoms with Gasteiger partial charge in [0.2, 0.25) is 0 Å². The molecule has 0 bridgehead atoms. The zero-order valence-electron chi connectivity index (χ0n) is 14.3. The molecule has 1 amide bonds. The number of aliphatic hydroxyl groups excluding tert-OH is 4. The fourth-order valence-electron chi connectivity index (χ4n) is 2.76. The molecule has 5 atom stereocenters. The van der Waals surface area contributed by atoms with Crippen molar-refractivity contribution in [3.05, 3.63) is 35.4 Å². The average molecular weight is 355 g/mol. The summed E-state index contributed by atoms with van der Waals surface area (Å²) in [6, 6.07) is 6.99. The van der Waals surface area contributed by atoms with Crippen LogP contribution in [0.2, 0.25) is 0 Å².